The number of nitrogens with zero attached hydrogens (tertiary/aromatic N) is 1. The average Bonchev–Trinajstić information content (AvgIpc) is 2.46. The zero-order chi connectivity index (χ0) is 15.0. The van der Waals surface area contributed by atoms with E-state index >= 15 is 0 Å². The first-order valence-corrected chi connectivity index (χ1v) is 8.08. The number of carbonyl (C=O) groups excluding carboxylic acids is 2. The Balaban J connectivity index is 2.44. The van der Waals surface area contributed by atoms with Crippen molar-refractivity contribution in [1.29, 1.82) is 5.26 Å². The number of ether oxygens (including phenoxy) is 1. The van der Waals surface area contributed by atoms with Crippen LogP contribution in [0.25, 0.3) is 0 Å². The zero-order valence-electron chi connectivity index (χ0n) is 12.1. The smallest absolute Gasteiger partial charge is 0.315 e. The van der Waals surface area contributed by atoms with E-state index < -0.39 is 5.54 Å². The van der Waals surface area contributed by atoms with Crippen molar-refractivity contribution >= 4 is 23.6 Å². The molecule has 0 bridgehead atoms. The number of hydrogen-bond donors (Lipinski definition) is 1. The zero-order valence-corrected chi connectivity index (χ0v) is 12.9. The molecule has 0 radical (unpaired) electrons. The minimum absolute atomic E-state index is 0.155. The number of nitriles is 1. The Morgan fingerprint density at radius 1 is 1.40 bits per heavy atom. The van der Waals surface area contributed by atoms with Crippen molar-refractivity contribution in [3.63, 3.8) is 0 Å². The van der Waals surface area contributed by atoms with E-state index in [9.17, 15) is 14.9 Å². The monoisotopic (exact) mass is 298 g/mol. The third-order valence-electron chi connectivity index (χ3n) is 3.41. The predicted octanol–water partition coefficient (Wildman–Crippen LogP) is 2.01. The number of thioether (sulfide) groups is 1. The quantitative estimate of drug-likeness (QED) is 0.759. The van der Waals surface area contributed by atoms with Gasteiger partial charge in [0.15, 0.2) is 0 Å². The van der Waals surface area contributed by atoms with Crippen LogP contribution in [-0.4, -0.2) is 35.0 Å². The fourth-order valence-electron chi connectivity index (χ4n) is 2.23. The van der Waals surface area contributed by atoms with E-state index in [-0.39, 0.29) is 22.9 Å². The summed E-state index contributed by atoms with van der Waals surface area (Å²) in [5.74, 6) is -0.338. The van der Waals surface area contributed by atoms with Gasteiger partial charge in [0.2, 0.25) is 5.91 Å². The van der Waals surface area contributed by atoms with Crippen molar-refractivity contribution < 1.29 is 14.3 Å². The molecule has 1 atom stereocenters. The van der Waals surface area contributed by atoms with E-state index in [4.69, 9.17) is 4.74 Å². The molecule has 0 heterocycles. The number of nitrogens with one attached hydrogen (secondary N) is 1. The van der Waals surface area contributed by atoms with Gasteiger partial charge >= 0.3 is 5.97 Å². The molecule has 0 aliphatic heterocycles. The molecule has 1 rings (SSSR count). The van der Waals surface area contributed by atoms with E-state index in [1.807, 2.05) is 0 Å². The maximum atomic E-state index is 12.1. The highest BCUT2D eigenvalue weighted by Gasteiger charge is 2.34. The molecule has 0 spiro atoms. The van der Waals surface area contributed by atoms with Crippen LogP contribution in [0.3, 0.4) is 0 Å². The molecule has 0 aromatic carbocycles. The van der Waals surface area contributed by atoms with Crippen molar-refractivity contribution in [3.05, 3.63) is 0 Å². The molecular weight excluding hydrogens is 276 g/mol. The predicted molar refractivity (Wildman–Crippen MR) is 78.1 cm³/mol. The second-order valence-electron chi connectivity index (χ2n) is 5.00. The highest BCUT2D eigenvalue weighted by atomic mass is 32.2. The summed E-state index contributed by atoms with van der Waals surface area (Å²) in [6.45, 7) is 3.84. The van der Waals surface area contributed by atoms with Crippen molar-refractivity contribution in [3.8, 4) is 6.07 Å². The number of carbonyl (C=O) groups is 2. The standard InChI is InChI=1S/C14H22N2O3S/c1-3-19-12(17)9-20-11(2)13(18)16-14(10-15)7-5-4-6-8-14/h11H,3-9H2,1-2H3,(H,16,18). The van der Waals surface area contributed by atoms with Crippen LogP contribution in [0.2, 0.25) is 0 Å². The second kappa shape index (κ2) is 8.15. The molecule has 112 valence electrons. The van der Waals surface area contributed by atoms with Gasteiger partial charge in [-0.3, -0.25) is 9.59 Å². The van der Waals surface area contributed by atoms with Crippen LogP contribution in [0.15, 0.2) is 0 Å². The van der Waals surface area contributed by atoms with E-state index in [2.05, 4.69) is 11.4 Å². The van der Waals surface area contributed by atoms with E-state index in [1.165, 1.54) is 11.8 Å². The van der Waals surface area contributed by atoms with Gasteiger partial charge in [0.25, 0.3) is 0 Å². The van der Waals surface area contributed by atoms with Gasteiger partial charge in [-0.1, -0.05) is 19.3 Å². The van der Waals surface area contributed by atoms with Crippen LogP contribution >= 0.6 is 11.8 Å². The van der Waals surface area contributed by atoms with Gasteiger partial charge in [-0.15, -0.1) is 11.8 Å². The van der Waals surface area contributed by atoms with Gasteiger partial charge in [0.05, 0.1) is 23.7 Å². The Kier molecular flexibility index (Phi) is 6.86. The Bertz CT molecular complexity index is 386. The fourth-order valence-corrected chi connectivity index (χ4v) is 2.91. The molecule has 20 heavy (non-hydrogen) atoms. The Morgan fingerprint density at radius 3 is 2.60 bits per heavy atom. The molecule has 5 nitrogen and oxygen atoms in total. The molecule has 6 heteroatoms. The average molecular weight is 298 g/mol. The van der Waals surface area contributed by atoms with Crippen LogP contribution in [0.1, 0.15) is 46.0 Å². The number of esters is 1. The lowest BCUT2D eigenvalue weighted by Gasteiger charge is -2.32. The number of rotatable bonds is 6. The SMILES string of the molecule is CCOC(=O)CSC(C)C(=O)NC1(C#N)CCCCC1. The summed E-state index contributed by atoms with van der Waals surface area (Å²) in [6.07, 6.45) is 4.48. The van der Waals surface area contributed by atoms with Crippen LogP contribution in [0, 0.1) is 11.3 Å². The highest BCUT2D eigenvalue weighted by Crippen LogP contribution is 2.28. The minimum Gasteiger partial charge on any atom is -0.465 e. The van der Waals surface area contributed by atoms with Gasteiger partial charge in [-0.2, -0.15) is 5.26 Å². The fraction of sp³-hybridized carbons (Fsp3) is 0.786. The first-order valence-electron chi connectivity index (χ1n) is 7.03. The summed E-state index contributed by atoms with van der Waals surface area (Å²) >= 11 is 1.23. The Hall–Kier alpha value is -1.22. The van der Waals surface area contributed by atoms with Crippen LogP contribution in [0.5, 0.6) is 0 Å². The van der Waals surface area contributed by atoms with E-state index in [1.54, 1.807) is 13.8 Å². The topological polar surface area (TPSA) is 79.2 Å². The lowest BCUT2D eigenvalue weighted by Crippen LogP contribution is -2.51. The molecule has 1 unspecified atom stereocenters. The number of hydrogen-bond acceptors (Lipinski definition) is 5. The third-order valence-corrected chi connectivity index (χ3v) is 4.53. The molecule has 1 amide bonds. The molecule has 1 N–H and O–H groups in total. The molecular formula is C14H22N2O3S. The summed E-state index contributed by atoms with van der Waals surface area (Å²) in [7, 11) is 0. The second-order valence-corrected chi connectivity index (χ2v) is 6.33. The van der Waals surface area contributed by atoms with Crippen LogP contribution in [0.4, 0.5) is 0 Å². The maximum Gasteiger partial charge on any atom is 0.315 e. The Labute approximate surface area is 124 Å². The summed E-state index contributed by atoms with van der Waals surface area (Å²) in [6, 6.07) is 2.26. The lowest BCUT2D eigenvalue weighted by atomic mass is 9.83. The Morgan fingerprint density at radius 2 is 2.05 bits per heavy atom. The molecule has 1 aliphatic rings. The molecule has 1 fully saturated rings. The third kappa shape index (κ3) is 5.04. The molecule has 0 aromatic rings. The van der Waals surface area contributed by atoms with Crippen molar-refractivity contribution in [2.24, 2.45) is 0 Å². The summed E-state index contributed by atoms with van der Waals surface area (Å²) in [4.78, 5) is 23.4. The van der Waals surface area contributed by atoms with Gasteiger partial charge < -0.3 is 10.1 Å². The van der Waals surface area contributed by atoms with Crippen LogP contribution < -0.4 is 5.32 Å². The van der Waals surface area contributed by atoms with Crippen molar-refractivity contribution in [1.82, 2.24) is 5.32 Å². The van der Waals surface area contributed by atoms with Crippen molar-refractivity contribution in [2.75, 3.05) is 12.4 Å². The maximum absolute atomic E-state index is 12.1. The van der Waals surface area contributed by atoms with Crippen LogP contribution in [-0.2, 0) is 14.3 Å². The van der Waals surface area contributed by atoms with Gasteiger partial charge in [0, 0.05) is 0 Å². The molecule has 0 saturated heterocycles. The summed E-state index contributed by atoms with van der Waals surface area (Å²) in [5.41, 5.74) is -0.714. The summed E-state index contributed by atoms with van der Waals surface area (Å²) < 4.78 is 4.82. The minimum atomic E-state index is -0.714. The highest BCUT2D eigenvalue weighted by molar-refractivity contribution is 8.01. The number of amides is 1. The lowest BCUT2D eigenvalue weighted by molar-refractivity contribution is -0.139. The first kappa shape index (κ1) is 16.8. The molecule has 0 aromatic heterocycles. The van der Waals surface area contributed by atoms with Crippen molar-refractivity contribution in [2.45, 2.75) is 56.7 Å². The first-order chi connectivity index (χ1) is 9.53. The van der Waals surface area contributed by atoms with Gasteiger partial charge in [-0.25, -0.2) is 0 Å². The van der Waals surface area contributed by atoms with Gasteiger partial charge in [0.1, 0.15) is 5.54 Å². The van der Waals surface area contributed by atoms with E-state index in [0.717, 1.165) is 19.3 Å². The normalized spacial score (nSPS) is 18.6. The van der Waals surface area contributed by atoms with Gasteiger partial charge in [-0.05, 0) is 26.7 Å². The van der Waals surface area contributed by atoms with E-state index in [0.29, 0.717) is 19.4 Å². The largest absolute Gasteiger partial charge is 0.465 e. The summed E-state index contributed by atoms with van der Waals surface area (Å²) in [5, 5.41) is 11.8. The molecule has 1 aliphatic carbocycles. The molecule has 1 saturated carbocycles.